The third-order valence-electron chi connectivity index (χ3n) is 8.86. The van der Waals surface area contributed by atoms with Crippen LogP contribution >= 0.6 is 0 Å². The number of fused-ring (bicyclic) bond motifs is 1. The van der Waals surface area contributed by atoms with Crippen LogP contribution in [0.2, 0.25) is 0 Å². The maximum absolute atomic E-state index is 12.3. The third kappa shape index (κ3) is 5.44. The molecular weight excluding hydrogens is 380 g/mol. The summed E-state index contributed by atoms with van der Waals surface area (Å²) >= 11 is 0. The molecule has 2 heteroatoms. The van der Waals surface area contributed by atoms with Crippen LogP contribution in [0.25, 0.3) is 0 Å². The van der Waals surface area contributed by atoms with Crippen molar-refractivity contribution in [2.45, 2.75) is 111 Å². The van der Waals surface area contributed by atoms with E-state index >= 15 is 0 Å². The molecule has 3 saturated carbocycles. The first-order valence-corrected chi connectivity index (χ1v) is 12.8. The lowest BCUT2D eigenvalue weighted by Gasteiger charge is -2.44. The van der Waals surface area contributed by atoms with Gasteiger partial charge in [-0.25, -0.2) is 0 Å². The van der Waals surface area contributed by atoms with E-state index in [0.29, 0.717) is 23.0 Å². The Morgan fingerprint density at radius 2 is 1.94 bits per heavy atom. The zero-order chi connectivity index (χ0) is 22.8. The van der Waals surface area contributed by atoms with Crippen LogP contribution in [0, 0.1) is 28.6 Å². The Kier molecular flexibility index (Phi) is 7.72. The number of carbonyl (C=O) groups is 1. The van der Waals surface area contributed by atoms with Gasteiger partial charge in [-0.15, -0.1) is 0 Å². The fourth-order valence-corrected chi connectivity index (χ4v) is 6.81. The van der Waals surface area contributed by atoms with Gasteiger partial charge in [0.1, 0.15) is 5.78 Å². The fraction of sp³-hybridized carbons (Fsp3) is 0.759. The second kappa shape index (κ2) is 9.77. The van der Waals surface area contributed by atoms with Crippen LogP contribution in [-0.4, -0.2) is 17.0 Å². The van der Waals surface area contributed by atoms with Gasteiger partial charge in [0, 0.05) is 11.8 Å². The maximum Gasteiger partial charge on any atom is 0.138 e. The smallest absolute Gasteiger partial charge is 0.138 e. The molecule has 0 aromatic rings. The van der Waals surface area contributed by atoms with Crippen molar-refractivity contribution in [3.05, 3.63) is 35.5 Å². The summed E-state index contributed by atoms with van der Waals surface area (Å²) in [4.78, 5) is 12.3. The van der Waals surface area contributed by atoms with Crippen LogP contribution in [0.15, 0.2) is 35.5 Å². The molecule has 0 aromatic carbocycles. The van der Waals surface area contributed by atoms with Gasteiger partial charge >= 0.3 is 0 Å². The predicted molar refractivity (Wildman–Crippen MR) is 131 cm³/mol. The second-order valence-corrected chi connectivity index (χ2v) is 12.0. The van der Waals surface area contributed by atoms with Crippen LogP contribution in [0.5, 0.6) is 0 Å². The lowest BCUT2D eigenvalue weighted by Crippen LogP contribution is -2.36. The average molecular weight is 427 g/mol. The molecule has 2 unspecified atom stereocenters. The standard InChI is InChI=1S/C29H46O2/c1-20(10-7-14-27(31)28(3,4)5)24-17-18-25-23(12-9-19-29(24,25)6)16-15-22-11-8-13-26(30)21(22)2/h15-16,20,24-26,30H,2,7-14,17-19H2,1,3-6H3/b22-15-,23-16+/t20-,24-,25+,26?,29?/m1/s1. The molecule has 3 fully saturated rings. The van der Waals surface area contributed by atoms with E-state index in [2.05, 4.69) is 32.6 Å². The Labute approximate surface area is 191 Å². The zero-order valence-corrected chi connectivity index (χ0v) is 20.8. The molecule has 0 amide bonds. The first-order valence-electron chi connectivity index (χ1n) is 12.8. The highest BCUT2D eigenvalue weighted by molar-refractivity contribution is 5.83. The van der Waals surface area contributed by atoms with E-state index in [1.807, 2.05) is 20.8 Å². The van der Waals surface area contributed by atoms with Gasteiger partial charge in [-0.2, -0.15) is 0 Å². The van der Waals surface area contributed by atoms with E-state index < -0.39 is 0 Å². The molecule has 2 nitrogen and oxygen atoms in total. The average Bonchev–Trinajstić information content (AvgIpc) is 3.05. The molecule has 0 radical (unpaired) electrons. The Bertz CT molecular complexity index is 734. The number of carbonyl (C=O) groups excluding carboxylic acids is 1. The third-order valence-corrected chi connectivity index (χ3v) is 8.86. The molecule has 0 aliphatic heterocycles. The van der Waals surface area contributed by atoms with Crippen LogP contribution in [0.3, 0.4) is 0 Å². The van der Waals surface area contributed by atoms with Gasteiger partial charge in [0.05, 0.1) is 6.10 Å². The van der Waals surface area contributed by atoms with Gasteiger partial charge in [0.15, 0.2) is 0 Å². The van der Waals surface area contributed by atoms with Crippen LogP contribution in [-0.2, 0) is 4.79 Å². The second-order valence-electron chi connectivity index (χ2n) is 12.0. The highest BCUT2D eigenvalue weighted by Gasteiger charge is 2.50. The molecule has 0 heterocycles. The quantitative estimate of drug-likeness (QED) is 0.475. The van der Waals surface area contributed by atoms with Crippen LogP contribution < -0.4 is 0 Å². The summed E-state index contributed by atoms with van der Waals surface area (Å²) in [6.45, 7) is 15.2. The van der Waals surface area contributed by atoms with Crippen molar-refractivity contribution in [3.8, 4) is 0 Å². The summed E-state index contributed by atoms with van der Waals surface area (Å²) < 4.78 is 0. The largest absolute Gasteiger partial charge is 0.388 e. The summed E-state index contributed by atoms with van der Waals surface area (Å²) in [5, 5.41) is 10.1. The molecule has 3 aliphatic rings. The number of Topliss-reactive ketones (excluding diaryl/α,β-unsaturated/α-hetero) is 1. The summed E-state index contributed by atoms with van der Waals surface area (Å²) in [5.41, 5.74) is 4.02. The Hall–Kier alpha value is -1.15. The molecule has 31 heavy (non-hydrogen) atoms. The monoisotopic (exact) mass is 426 g/mol. The highest BCUT2D eigenvalue weighted by atomic mass is 16.3. The lowest BCUT2D eigenvalue weighted by atomic mass is 9.60. The van der Waals surface area contributed by atoms with E-state index in [-0.39, 0.29) is 11.5 Å². The van der Waals surface area contributed by atoms with Gasteiger partial charge in [-0.1, -0.05) is 65.3 Å². The topological polar surface area (TPSA) is 37.3 Å². The van der Waals surface area contributed by atoms with Gasteiger partial charge in [0.25, 0.3) is 0 Å². The number of ketones is 1. The van der Waals surface area contributed by atoms with Gasteiger partial charge < -0.3 is 5.11 Å². The van der Waals surface area contributed by atoms with Crippen molar-refractivity contribution >= 4 is 5.78 Å². The minimum absolute atomic E-state index is 0.203. The van der Waals surface area contributed by atoms with Crippen molar-refractivity contribution in [2.24, 2.45) is 28.6 Å². The molecule has 1 N–H and O–H groups in total. The van der Waals surface area contributed by atoms with Crippen LogP contribution in [0.4, 0.5) is 0 Å². The number of rotatable bonds is 6. The van der Waals surface area contributed by atoms with E-state index in [9.17, 15) is 9.90 Å². The molecule has 0 saturated heterocycles. The Morgan fingerprint density at radius 3 is 2.65 bits per heavy atom. The first-order chi connectivity index (χ1) is 14.5. The van der Waals surface area contributed by atoms with Crippen molar-refractivity contribution in [1.29, 1.82) is 0 Å². The number of aliphatic hydroxyl groups is 1. The fourth-order valence-electron chi connectivity index (χ4n) is 6.81. The lowest BCUT2D eigenvalue weighted by molar-refractivity contribution is -0.126. The molecule has 0 aromatic heterocycles. The molecule has 3 aliphatic carbocycles. The minimum atomic E-state index is -0.350. The Balaban J connectivity index is 1.65. The number of allylic oxidation sites excluding steroid dienone is 3. The molecule has 0 spiro atoms. The molecule has 5 atom stereocenters. The molecule has 174 valence electrons. The normalized spacial score (nSPS) is 35.4. The highest BCUT2D eigenvalue weighted by Crippen LogP contribution is 2.60. The van der Waals surface area contributed by atoms with Crippen molar-refractivity contribution in [1.82, 2.24) is 0 Å². The van der Waals surface area contributed by atoms with Gasteiger partial charge in [0.2, 0.25) is 0 Å². The number of hydrogen-bond donors (Lipinski definition) is 1. The van der Waals surface area contributed by atoms with Crippen molar-refractivity contribution in [3.63, 3.8) is 0 Å². The van der Waals surface area contributed by atoms with Gasteiger partial charge in [-0.3, -0.25) is 4.79 Å². The molecule has 3 rings (SSSR count). The van der Waals surface area contributed by atoms with Gasteiger partial charge in [-0.05, 0) is 92.1 Å². The van der Waals surface area contributed by atoms with Crippen molar-refractivity contribution < 1.29 is 9.90 Å². The zero-order valence-electron chi connectivity index (χ0n) is 20.8. The summed E-state index contributed by atoms with van der Waals surface area (Å²) in [6.07, 6.45) is 16.7. The van der Waals surface area contributed by atoms with E-state index in [1.54, 1.807) is 5.57 Å². The van der Waals surface area contributed by atoms with E-state index in [0.717, 1.165) is 43.6 Å². The van der Waals surface area contributed by atoms with Crippen molar-refractivity contribution in [2.75, 3.05) is 0 Å². The number of aliphatic hydroxyl groups excluding tert-OH is 1. The van der Waals surface area contributed by atoms with E-state index in [1.165, 1.54) is 44.1 Å². The summed E-state index contributed by atoms with van der Waals surface area (Å²) in [5.74, 6) is 2.56. The maximum atomic E-state index is 12.3. The Morgan fingerprint density at radius 1 is 1.19 bits per heavy atom. The molecular formula is C29H46O2. The summed E-state index contributed by atoms with van der Waals surface area (Å²) in [6, 6.07) is 0. The first kappa shape index (κ1) is 24.5. The number of hydrogen-bond acceptors (Lipinski definition) is 2. The minimum Gasteiger partial charge on any atom is -0.388 e. The van der Waals surface area contributed by atoms with Crippen LogP contribution in [0.1, 0.15) is 105 Å². The SMILES string of the molecule is C=C1/C(=C\C=C2/CCCC3(C)[C@@H]([C@H](C)CCCC(=O)C(C)(C)C)CC[C@@H]23)CCCC1O. The predicted octanol–water partition coefficient (Wildman–Crippen LogP) is 7.58. The van der Waals surface area contributed by atoms with E-state index in [4.69, 9.17) is 0 Å². The summed E-state index contributed by atoms with van der Waals surface area (Å²) in [7, 11) is 0. The molecule has 0 bridgehead atoms.